The van der Waals surface area contributed by atoms with Crippen LogP contribution in [0, 0.1) is 0 Å². The Labute approximate surface area is 139 Å². The van der Waals surface area contributed by atoms with Gasteiger partial charge in [0.05, 0.1) is 12.1 Å². The average Bonchev–Trinajstić information content (AvgIpc) is 3.06. The van der Waals surface area contributed by atoms with Gasteiger partial charge in [-0.1, -0.05) is 18.2 Å². The number of likely N-dealkylation sites (tertiary alicyclic amines) is 1. The molecule has 0 radical (unpaired) electrons. The van der Waals surface area contributed by atoms with Gasteiger partial charge in [0, 0.05) is 35.9 Å². The first-order chi connectivity index (χ1) is 11.8. The van der Waals surface area contributed by atoms with Gasteiger partial charge in [-0.2, -0.15) is 5.10 Å². The number of fused-ring (bicyclic) bond motifs is 1. The molecule has 1 saturated heterocycles. The number of hydrogen-bond donors (Lipinski definition) is 1. The maximum Gasteiger partial charge on any atom is 0.256 e. The van der Waals surface area contributed by atoms with E-state index in [0.717, 1.165) is 30.3 Å². The SMILES string of the molecule is O=C(c1c[nH]c2ccccc12)N1CCC[C@@H](Oc2cccnn2)C1. The number of nitrogens with zero attached hydrogens (tertiary/aromatic N) is 3. The molecule has 24 heavy (non-hydrogen) atoms. The summed E-state index contributed by atoms with van der Waals surface area (Å²) < 4.78 is 5.87. The molecule has 0 saturated carbocycles. The fraction of sp³-hybridized carbons (Fsp3) is 0.278. The van der Waals surface area contributed by atoms with Gasteiger partial charge in [-0.3, -0.25) is 4.79 Å². The highest BCUT2D eigenvalue weighted by atomic mass is 16.5. The molecular weight excluding hydrogens is 304 g/mol. The van der Waals surface area contributed by atoms with Crippen LogP contribution in [0.4, 0.5) is 0 Å². The zero-order valence-electron chi connectivity index (χ0n) is 13.2. The third-order valence-electron chi connectivity index (χ3n) is 4.32. The monoisotopic (exact) mass is 322 g/mol. The number of nitrogens with one attached hydrogen (secondary N) is 1. The second-order valence-corrected chi connectivity index (χ2v) is 5.94. The Balaban J connectivity index is 1.50. The fourth-order valence-electron chi connectivity index (χ4n) is 3.16. The van der Waals surface area contributed by atoms with E-state index in [0.29, 0.717) is 18.0 Å². The van der Waals surface area contributed by atoms with Gasteiger partial charge < -0.3 is 14.6 Å². The van der Waals surface area contributed by atoms with Crippen LogP contribution in [0.2, 0.25) is 0 Å². The first-order valence-electron chi connectivity index (χ1n) is 8.11. The van der Waals surface area contributed by atoms with Gasteiger partial charge in [0.25, 0.3) is 5.91 Å². The van der Waals surface area contributed by atoms with Gasteiger partial charge >= 0.3 is 0 Å². The number of hydrogen-bond acceptors (Lipinski definition) is 4. The van der Waals surface area contributed by atoms with Crippen molar-refractivity contribution < 1.29 is 9.53 Å². The molecule has 0 unspecified atom stereocenters. The highest BCUT2D eigenvalue weighted by Crippen LogP contribution is 2.22. The Kier molecular flexibility index (Phi) is 3.86. The summed E-state index contributed by atoms with van der Waals surface area (Å²) in [5.74, 6) is 0.545. The van der Waals surface area contributed by atoms with Crippen LogP contribution in [0.3, 0.4) is 0 Å². The number of carbonyl (C=O) groups excluding carboxylic acids is 1. The molecule has 1 N–H and O–H groups in total. The van der Waals surface area contributed by atoms with E-state index in [1.807, 2.05) is 29.2 Å². The Morgan fingerprint density at radius 3 is 3.04 bits per heavy atom. The minimum Gasteiger partial charge on any atom is -0.471 e. The molecule has 1 aliphatic rings. The molecule has 2 aromatic heterocycles. The van der Waals surface area contributed by atoms with Crippen molar-refractivity contribution >= 4 is 16.8 Å². The summed E-state index contributed by atoms with van der Waals surface area (Å²) in [5, 5.41) is 8.73. The van der Waals surface area contributed by atoms with Gasteiger partial charge in [-0.15, -0.1) is 5.10 Å². The van der Waals surface area contributed by atoms with Crippen molar-refractivity contribution in [3.8, 4) is 5.88 Å². The molecule has 1 amide bonds. The molecule has 4 rings (SSSR count). The lowest BCUT2D eigenvalue weighted by molar-refractivity contribution is 0.0527. The van der Waals surface area contributed by atoms with E-state index in [4.69, 9.17) is 4.74 Å². The van der Waals surface area contributed by atoms with Crippen molar-refractivity contribution in [1.82, 2.24) is 20.1 Å². The summed E-state index contributed by atoms with van der Waals surface area (Å²) in [4.78, 5) is 17.9. The van der Waals surface area contributed by atoms with Crippen LogP contribution in [0.25, 0.3) is 10.9 Å². The summed E-state index contributed by atoms with van der Waals surface area (Å²) >= 11 is 0. The lowest BCUT2D eigenvalue weighted by Gasteiger charge is -2.32. The van der Waals surface area contributed by atoms with E-state index in [1.165, 1.54) is 0 Å². The number of carbonyl (C=O) groups is 1. The Hall–Kier alpha value is -2.89. The van der Waals surface area contributed by atoms with Crippen LogP contribution in [0.5, 0.6) is 5.88 Å². The molecule has 1 fully saturated rings. The van der Waals surface area contributed by atoms with E-state index in [9.17, 15) is 4.79 Å². The molecule has 0 bridgehead atoms. The van der Waals surface area contributed by atoms with Gasteiger partial charge in [0.1, 0.15) is 6.10 Å². The zero-order valence-corrected chi connectivity index (χ0v) is 13.2. The molecule has 1 aliphatic heterocycles. The van der Waals surface area contributed by atoms with Crippen LogP contribution >= 0.6 is 0 Å². The normalized spacial score (nSPS) is 17.8. The molecule has 0 aliphatic carbocycles. The molecule has 1 aromatic carbocycles. The molecule has 6 heteroatoms. The van der Waals surface area contributed by atoms with Gasteiger partial charge in [0.15, 0.2) is 0 Å². The minimum atomic E-state index is -0.0513. The number of piperidine rings is 1. The predicted octanol–water partition coefficient (Wildman–Crippen LogP) is 2.64. The summed E-state index contributed by atoms with van der Waals surface area (Å²) in [7, 11) is 0. The number of rotatable bonds is 3. The predicted molar refractivity (Wildman–Crippen MR) is 89.9 cm³/mol. The lowest BCUT2D eigenvalue weighted by Crippen LogP contribution is -2.44. The second kappa shape index (κ2) is 6.31. The molecule has 0 spiro atoms. The largest absolute Gasteiger partial charge is 0.471 e. The average molecular weight is 322 g/mol. The maximum absolute atomic E-state index is 12.9. The number of para-hydroxylation sites is 1. The molecule has 3 heterocycles. The fourth-order valence-corrected chi connectivity index (χ4v) is 3.16. The second-order valence-electron chi connectivity index (χ2n) is 5.94. The third kappa shape index (κ3) is 2.82. The van der Waals surface area contributed by atoms with Crippen molar-refractivity contribution in [1.29, 1.82) is 0 Å². The number of benzene rings is 1. The maximum atomic E-state index is 12.9. The van der Waals surface area contributed by atoms with E-state index >= 15 is 0 Å². The van der Waals surface area contributed by atoms with Crippen LogP contribution < -0.4 is 4.74 Å². The smallest absolute Gasteiger partial charge is 0.256 e. The van der Waals surface area contributed by atoms with Crippen molar-refractivity contribution in [2.75, 3.05) is 13.1 Å². The first-order valence-corrected chi connectivity index (χ1v) is 8.11. The number of H-pyrrole nitrogens is 1. The van der Waals surface area contributed by atoms with E-state index in [-0.39, 0.29) is 12.0 Å². The number of aromatic nitrogens is 3. The highest BCUT2D eigenvalue weighted by Gasteiger charge is 2.27. The van der Waals surface area contributed by atoms with Gasteiger partial charge in [-0.25, -0.2) is 0 Å². The lowest BCUT2D eigenvalue weighted by atomic mass is 10.1. The van der Waals surface area contributed by atoms with Gasteiger partial charge in [0.2, 0.25) is 5.88 Å². The Bertz CT molecular complexity index is 846. The molecular formula is C18H18N4O2. The molecule has 3 aromatic rings. The quantitative estimate of drug-likeness (QED) is 0.805. The zero-order chi connectivity index (χ0) is 16.4. The van der Waals surface area contributed by atoms with Gasteiger partial charge in [-0.05, 0) is 25.0 Å². The molecule has 1 atom stereocenters. The summed E-state index contributed by atoms with van der Waals surface area (Å²) in [5.41, 5.74) is 1.69. The van der Waals surface area contributed by atoms with Crippen molar-refractivity contribution in [3.05, 3.63) is 54.4 Å². The van der Waals surface area contributed by atoms with Crippen molar-refractivity contribution in [2.45, 2.75) is 18.9 Å². The molecule has 6 nitrogen and oxygen atoms in total. The first kappa shape index (κ1) is 14.7. The number of amides is 1. The third-order valence-corrected chi connectivity index (χ3v) is 4.32. The minimum absolute atomic E-state index is 0.0416. The summed E-state index contributed by atoms with van der Waals surface area (Å²) in [6.45, 7) is 1.31. The van der Waals surface area contributed by atoms with Crippen LogP contribution in [-0.2, 0) is 0 Å². The number of aromatic amines is 1. The van der Waals surface area contributed by atoms with Crippen LogP contribution in [0.15, 0.2) is 48.8 Å². The van der Waals surface area contributed by atoms with Crippen molar-refractivity contribution in [3.63, 3.8) is 0 Å². The van der Waals surface area contributed by atoms with Crippen LogP contribution in [0.1, 0.15) is 23.2 Å². The summed E-state index contributed by atoms with van der Waals surface area (Å²) in [6.07, 6.45) is 5.18. The van der Waals surface area contributed by atoms with Crippen LogP contribution in [-0.4, -0.2) is 45.2 Å². The Morgan fingerprint density at radius 2 is 2.17 bits per heavy atom. The highest BCUT2D eigenvalue weighted by molar-refractivity contribution is 6.06. The topological polar surface area (TPSA) is 71.1 Å². The van der Waals surface area contributed by atoms with E-state index in [1.54, 1.807) is 24.5 Å². The number of ether oxygens (including phenoxy) is 1. The molecule has 122 valence electrons. The van der Waals surface area contributed by atoms with Crippen molar-refractivity contribution in [2.24, 2.45) is 0 Å². The Morgan fingerprint density at radius 1 is 1.25 bits per heavy atom. The summed E-state index contributed by atoms with van der Waals surface area (Å²) in [6, 6.07) is 11.4. The van der Waals surface area contributed by atoms with E-state index in [2.05, 4.69) is 15.2 Å². The van der Waals surface area contributed by atoms with E-state index < -0.39 is 0 Å². The standard InChI is InChI=1S/C18H18N4O2/c23-18(15-11-19-16-7-2-1-6-14(15)16)22-10-4-5-13(12-22)24-17-8-3-9-20-21-17/h1-3,6-9,11,13,19H,4-5,10,12H2/t13-/m1/s1.